The lowest BCUT2D eigenvalue weighted by atomic mass is 9.94. The summed E-state index contributed by atoms with van der Waals surface area (Å²) in [7, 11) is 0. The zero-order valence-electron chi connectivity index (χ0n) is 14.2. The van der Waals surface area contributed by atoms with Crippen molar-refractivity contribution in [2.24, 2.45) is 0 Å². The Balaban J connectivity index is 1.93. The second-order valence-electron chi connectivity index (χ2n) is 6.37. The van der Waals surface area contributed by atoms with Gasteiger partial charge in [0, 0.05) is 12.1 Å². The summed E-state index contributed by atoms with van der Waals surface area (Å²) in [6, 6.07) is 9.35. The van der Waals surface area contributed by atoms with E-state index in [1.165, 1.54) is 0 Å². The largest absolute Gasteiger partial charge is 0.384 e. The van der Waals surface area contributed by atoms with Crippen LogP contribution >= 0.6 is 0 Å². The molecule has 1 heterocycles. The van der Waals surface area contributed by atoms with Crippen LogP contribution in [0.5, 0.6) is 0 Å². The van der Waals surface area contributed by atoms with Gasteiger partial charge in [0.1, 0.15) is 5.60 Å². The molecule has 23 heavy (non-hydrogen) atoms. The SMILES string of the molecule is Cc1n[nH]c(C)c1[C@H](C)CC(=O)NC[C@@](C)(O)c1ccccc1. The summed E-state index contributed by atoms with van der Waals surface area (Å²) in [5.74, 6) is 0.00382. The number of aromatic nitrogens is 2. The summed E-state index contributed by atoms with van der Waals surface area (Å²) >= 11 is 0. The fraction of sp³-hybridized carbons (Fsp3) is 0.444. The molecule has 0 aliphatic carbocycles. The van der Waals surface area contributed by atoms with Gasteiger partial charge in [0.05, 0.1) is 12.2 Å². The number of aromatic amines is 1. The summed E-state index contributed by atoms with van der Waals surface area (Å²) in [4.78, 5) is 12.2. The molecular formula is C18H25N3O2. The predicted octanol–water partition coefficient (Wildman–Crippen LogP) is 2.54. The lowest BCUT2D eigenvalue weighted by molar-refractivity contribution is -0.122. The highest BCUT2D eigenvalue weighted by Gasteiger charge is 2.24. The number of aliphatic hydroxyl groups is 1. The molecule has 2 aromatic rings. The minimum Gasteiger partial charge on any atom is -0.384 e. The van der Waals surface area contributed by atoms with Crippen molar-refractivity contribution in [1.82, 2.24) is 15.5 Å². The quantitative estimate of drug-likeness (QED) is 0.766. The number of nitrogens with zero attached hydrogens (tertiary/aromatic N) is 1. The van der Waals surface area contributed by atoms with E-state index < -0.39 is 5.60 Å². The number of hydrogen-bond donors (Lipinski definition) is 3. The molecule has 1 aromatic heterocycles. The van der Waals surface area contributed by atoms with E-state index in [4.69, 9.17) is 0 Å². The van der Waals surface area contributed by atoms with E-state index in [9.17, 15) is 9.90 Å². The molecule has 0 spiro atoms. The monoisotopic (exact) mass is 315 g/mol. The first kappa shape index (κ1) is 17.2. The first-order valence-corrected chi connectivity index (χ1v) is 7.87. The maximum atomic E-state index is 12.2. The van der Waals surface area contributed by atoms with E-state index in [-0.39, 0.29) is 18.4 Å². The lowest BCUT2D eigenvalue weighted by Gasteiger charge is -2.24. The van der Waals surface area contributed by atoms with Crippen LogP contribution in [0.1, 0.15) is 48.7 Å². The third-order valence-corrected chi connectivity index (χ3v) is 4.19. The molecule has 0 aliphatic heterocycles. The normalized spacial score (nSPS) is 15.0. The summed E-state index contributed by atoms with van der Waals surface area (Å²) in [5.41, 5.74) is 2.73. The smallest absolute Gasteiger partial charge is 0.220 e. The third-order valence-electron chi connectivity index (χ3n) is 4.19. The van der Waals surface area contributed by atoms with Crippen molar-refractivity contribution in [3.63, 3.8) is 0 Å². The number of carbonyl (C=O) groups is 1. The number of benzene rings is 1. The van der Waals surface area contributed by atoms with Gasteiger partial charge in [0.25, 0.3) is 0 Å². The van der Waals surface area contributed by atoms with Gasteiger partial charge in [0.2, 0.25) is 5.91 Å². The zero-order valence-corrected chi connectivity index (χ0v) is 14.2. The number of nitrogens with one attached hydrogen (secondary N) is 2. The van der Waals surface area contributed by atoms with Crippen LogP contribution < -0.4 is 5.32 Å². The first-order chi connectivity index (χ1) is 10.8. The van der Waals surface area contributed by atoms with Gasteiger partial charge in [-0.3, -0.25) is 9.89 Å². The van der Waals surface area contributed by atoms with E-state index in [0.717, 1.165) is 22.5 Å². The number of aryl methyl sites for hydroxylation is 2. The first-order valence-electron chi connectivity index (χ1n) is 7.87. The minimum atomic E-state index is -1.08. The average Bonchev–Trinajstić information content (AvgIpc) is 2.85. The minimum absolute atomic E-state index is 0.0753. The maximum Gasteiger partial charge on any atom is 0.220 e. The Morgan fingerprint density at radius 3 is 2.57 bits per heavy atom. The second kappa shape index (κ2) is 6.96. The molecule has 0 unspecified atom stereocenters. The lowest BCUT2D eigenvalue weighted by Crippen LogP contribution is -2.38. The molecule has 1 amide bonds. The molecule has 5 heteroatoms. The predicted molar refractivity (Wildman–Crippen MR) is 90.1 cm³/mol. The Kier molecular flexibility index (Phi) is 5.21. The Morgan fingerprint density at radius 2 is 2.00 bits per heavy atom. The second-order valence-corrected chi connectivity index (χ2v) is 6.37. The van der Waals surface area contributed by atoms with Crippen molar-refractivity contribution in [3.05, 3.63) is 52.8 Å². The van der Waals surface area contributed by atoms with E-state index in [1.807, 2.05) is 51.1 Å². The van der Waals surface area contributed by atoms with Crippen LogP contribution in [-0.2, 0) is 10.4 Å². The van der Waals surface area contributed by atoms with E-state index in [1.54, 1.807) is 6.92 Å². The van der Waals surface area contributed by atoms with Gasteiger partial charge in [0.15, 0.2) is 0 Å². The van der Waals surface area contributed by atoms with Crippen molar-refractivity contribution in [2.75, 3.05) is 6.54 Å². The van der Waals surface area contributed by atoms with Crippen LogP contribution in [0.15, 0.2) is 30.3 Å². The highest BCUT2D eigenvalue weighted by atomic mass is 16.3. The molecule has 1 aromatic carbocycles. The number of carbonyl (C=O) groups excluding carboxylic acids is 1. The van der Waals surface area contributed by atoms with Gasteiger partial charge in [-0.2, -0.15) is 5.10 Å². The zero-order chi connectivity index (χ0) is 17.0. The van der Waals surface area contributed by atoms with E-state index >= 15 is 0 Å². The summed E-state index contributed by atoms with van der Waals surface area (Å²) in [6.07, 6.45) is 0.367. The van der Waals surface area contributed by atoms with E-state index in [0.29, 0.717) is 6.42 Å². The molecule has 2 atom stereocenters. The van der Waals surface area contributed by atoms with Crippen molar-refractivity contribution in [2.45, 2.75) is 45.6 Å². The van der Waals surface area contributed by atoms with Crippen LogP contribution in [0.25, 0.3) is 0 Å². The van der Waals surface area contributed by atoms with Crippen LogP contribution in [0.2, 0.25) is 0 Å². The molecule has 0 saturated carbocycles. The van der Waals surface area contributed by atoms with Gasteiger partial charge in [-0.15, -0.1) is 0 Å². The fourth-order valence-corrected chi connectivity index (χ4v) is 2.91. The number of amides is 1. The van der Waals surface area contributed by atoms with Crippen molar-refractivity contribution < 1.29 is 9.90 Å². The van der Waals surface area contributed by atoms with Gasteiger partial charge in [-0.05, 0) is 37.8 Å². The van der Waals surface area contributed by atoms with Crippen molar-refractivity contribution >= 4 is 5.91 Å². The molecule has 2 rings (SSSR count). The van der Waals surface area contributed by atoms with Crippen LogP contribution in [0.3, 0.4) is 0 Å². The van der Waals surface area contributed by atoms with Crippen molar-refractivity contribution in [3.8, 4) is 0 Å². The molecule has 0 fully saturated rings. The Hall–Kier alpha value is -2.14. The topological polar surface area (TPSA) is 78.0 Å². The van der Waals surface area contributed by atoms with Crippen molar-refractivity contribution in [1.29, 1.82) is 0 Å². The van der Waals surface area contributed by atoms with E-state index in [2.05, 4.69) is 15.5 Å². The maximum absolute atomic E-state index is 12.2. The number of hydrogen-bond acceptors (Lipinski definition) is 3. The van der Waals surface area contributed by atoms with Gasteiger partial charge < -0.3 is 10.4 Å². The van der Waals surface area contributed by atoms with Gasteiger partial charge in [-0.25, -0.2) is 0 Å². The highest BCUT2D eigenvalue weighted by molar-refractivity contribution is 5.77. The van der Waals surface area contributed by atoms with Crippen LogP contribution in [-0.4, -0.2) is 27.8 Å². The fourth-order valence-electron chi connectivity index (χ4n) is 2.91. The highest BCUT2D eigenvalue weighted by Crippen LogP contribution is 2.24. The Bertz CT molecular complexity index is 643. The molecule has 0 radical (unpaired) electrons. The summed E-state index contributed by atoms with van der Waals surface area (Å²) in [6.45, 7) is 7.81. The van der Waals surface area contributed by atoms with Crippen LogP contribution in [0.4, 0.5) is 0 Å². The molecule has 3 N–H and O–H groups in total. The summed E-state index contributed by atoms with van der Waals surface area (Å²) in [5, 5.41) is 20.5. The van der Waals surface area contributed by atoms with Gasteiger partial charge >= 0.3 is 0 Å². The van der Waals surface area contributed by atoms with Crippen LogP contribution in [0, 0.1) is 13.8 Å². The Labute approximate surface area is 137 Å². The average molecular weight is 315 g/mol. The molecule has 124 valence electrons. The Morgan fingerprint density at radius 1 is 1.35 bits per heavy atom. The standard InChI is InChI=1S/C18H25N3O2/c1-12(17-13(2)20-21-14(17)3)10-16(22)19-11-18(4,23)15-8-6-5-7-9-15/h5-9,12,23H,10-11H2,1-4H3,(H,19,22)(H,20,21)/t12-,18-/m1/s1. The molecule has 0 saturated heterocycles. The number of rotatable bonds is 6. The molecule has 0 aliphatic rings. The molecule has 5 nitrogen and oxygen atoms in total. The summed E-state index contributed by atoms with van der Waals surface area (Å²) < 4.78 is 0. The molecular weight excluding hydrogens is 290 g/mol. The van der Waals surface area contributed by atoms with Gasteiger partial charge in [-0.1, -0.05) is 37.3 Å². The molecule has 0 bridgehead atoms. The number of H-pyrrole nitrogens is 1. The third kappa shape index (κ3) is 4.20.